The van der Waals surface area contributed by atoms with Crippen LogP contribution in [0.2, 0.25) is 0 Å². The summed E-state index contributed by atoms with van der Waals surface area (Å²) in [5.41, 5.74) is 1.09. The number of aliphatic hydroxyl groups excluding tert-OH is 1. The van der Waals surface area contributed by atoms with Gasteiger partial charge in [-0.1, -0.05) is 19.9 Å². The van der Waals surface area contributed by atoms with Crippen LogP contribution in [0.1, 0.15) is 50.8 Å². The zero-order valence-corrected chi connectivity index (χ0v) is 21.9. The zero-order chi connectivity index (χ0) is 26.5. The molecule has 2 aliphatic rings. The van der Waals surface area contributed by atoms with E-state index in [9.17, 15) is 14.7 Å². The second-order valence-electron chi connectivity index (χ2n) is 9.66. The zero-order valence-electron chi connectivity index (χ0n) is 21.9. The van der Waals surface area contributed by atoms with E-state index in [0.717, 1.165) is 12.8 Å². The number of Topliss-reactive ketones (excluding diaryl/α,β-unsaturated/α-hetero) is 1. The molecule has 0 bridgehead atoms. The van der Waals surface area contributed by atoms with Gasteiger partial charge in [0.05, 0.1) is 38.0 Å². The van der Waals surface area contributed by atoms with E-state index < -0.39 is 17.7 Å². The number of methoxy groups -OCH3 is 1. The highest BCUT2D eigenvalue weighted by Gasteiger charge is 2.47. The second-order valence-corrected chi connectivity index (χ2v) is 9.66. The number of ketones is 1. The van der Waals surface area contributed by atoms with Gasteiger partial charge in [-0.15, -0.1) is 0 Å². The number of aliphatic hydroxyl groups is 1. The molecule has 2 heterocycles. The van der Waals surface area contributed by atoms with Gasteiger partial charge in [0.1, 0.15) is 11.5 Å². The molecule has 0 aliphatic carbocycles. The highest BCUT2D eigenvalue weighted by Crippen LogP contribution is 2.42. The lowest BCUT2D eigenvalue weighted by molar-refractivity contribution is -0.140. The Morgan fingerprint density at radius 1 is 1.11 bits per heavy atom. The fraction of sp³-hybridized carbons (Fsp3) is 0.448. The molecule has 37 heavy (non-hydrogen) atoms. The van der Waals surface area contributed by atoms with E-state index in [0.29, 0.717) is 54.1 Å². The first kappa shape index (κ1) is 26.5. The summed E-state index contributed by atoms with van der Waals surface area (Å²) in [6.07, 6.45) is 1.55. The number of hydrogen-bond donors (Lipinski definition) is 1. The van der Waals surface area contributed by atoms with Crippen molar-refractivity contribution in [1.29, 1.82) is 0 Å². The number of benzene rings is 2. The third-order valence-corrected chi connectivity index (χ3v) is 6.48. The van der Waals surface area contributed by atoms with Crippen molar-refractivity contribution < 1.29 is 33.6 Å². The van der Waals surface area contributed by atoms with Crippen molar-refractivity contribution in [1.82, 2.24) is 4.90 Å². The average molecular weight is 510 g/mol. The molecule has 4 rings (SSSR count). The summed E-state index contributed by atoms with van der Waals surface area (Å²) in [6.45, 7) is 7.91. The molecule has 2 aromatic carbocycles. The van der Waals surface area contributed by atoms with Crippen LogP contribution in [0.25, 0.3) is 5.76 Å². The molecule has 2 fully saturated rings. The molecular weight excluding hydrogens is 474 g/mol. The molecule has 2 aliphatic heterocycles. The van der Waals surface area contributed by atoms with Crippen LogP contribution < -0.4 is 14.2 Å². The topological polar surface area (TPSA) is 94.5 Å². The number of ether oxygens (including phenoxy) is 4. The molecule has 198 valence electrons. The number of likely N-dealkylation sites (tertiary alicyclic amines) is 1. The van der Waals surface area contributed by atoms with Crippen LogP contribution in [0.3, 0.4) is 0 Å². The molecule has 0 radical (unpaired) electrons. The Balaban J connectivity index is 1.76. The Labute approximate surface area is 217 Å². The lowest BCUT2D eigenvalue weighted by atomic mass is 9.94. The lowest BCUT2D eigenvalue weighted by Gasteiger charge is -2.28. The number of carbonyl (C=O) groups is 2. The molecule has 2 unspecified atom stereocenters. The first-order valence-electron chi connectivity index (χ1n) is 12.8. The van der Waals surface area contributed by atoms with Crippen molar-refractivity contribution in [2.75, 3.05) is 33.5 Å². The summed E-state index contributed by atoms with van der Waals surface area (Å²) in [7, 11) is 1.54. The summed E-state index contributed by atoms with van der Waals surface area (Å²) in [5, 5.41) is 11.3. The molecule has 2 atom stereocenters. The van der Waals surface area contributed by atoms with Crippen LogP contribution in [0.5, 0.6) is 17.2 Å². The monoisotopic (exact) mass is 509 g/mol. The Hall–Kier alpha value is -3.52. The first-order valence-corrected chi connectivity index (χ1v) is 12.8. The SMILES string of the molecule is CCOc1ccc(C2/C(=C(/O)c3ccc(OCC(C)C)cc3)C(=O)C(=O)N2CC2CCCO2)cc1OC. The standard InChI is InChI=1S/C29H35NO7/c1-5-35-23-13-10-20(15-24(23)34-4)26-25(28(32)29(33)30(26)16-22-7-6-14-36-22)27(31)19-8-11-21(12-9-19)37-17-18(2)3/h8-13,15,18,22,26,31H,5-7,14,16-17H2,1-4H3/b27-25-. The van der Waals surface area contributed by atoms with Gasteiger partial charge >= 0.3 is 0 Å². The van der Waals surface area contributed by atoms with E-state index in [-0.39, 0.29) is 24.0 Å². The smallest absolute Gasteiger partial charge is 0.295 e. The third-order valence-electron chi connectivity index (χ3n) is 6.48. The molecule has 0 spiro atoms. The van der Waals surface area contributed by atoms with E-state index in [4.69, 9.17) is 18.9 Å². The summed E-state index contributed by atoms with van der Waals surface area (Å²) in [6, 6.07) is 11.4. The van der Waals surface area contributed by atoms with E-state index in [2.05, 4.69) is 13.8 Å². The van der Waals surface area contributed by atoms with E-state index in [1.54, 1.807) is 42.5 Å². The number of nitrogens with zero attached hydrogens (tertiary/aromatic N) is 1. The van der Waals surface area contributed by atoms with Gasteiger partial charge in [-0.2, -0.15) is 0 Å². The average Bonchev–Trinajstić information content (AvgIpc) is 3.50. The first-order chi connectivity index (χ1) is 17.8. The van der Waals surface area contributed by atoms with Crippen molar-refractivity contribution in [2.45, 2.75) is 45.8 Å². The Kier molecular flexibility index (Phi) is 8.38. The van der Waals surface area contributed by atoms with Crippen LogP contribution in [0, 0.1) is 5.92 Å². The lowest BCUT2D eigenvalue weighted by Crippen LogP contribution is -2.36. The molecule has 2 saturated heterocycles. The molecule has 2 aromatic rings. The maximum atomic E-state index is 13.3. The van der Waals surface area contributed by atoms with Gasteiger partial charge in [0.15, 0.2) is 11.5 Å². The van der Waals surface area contributed by atoms with Gasteiger partial charge in [0, 0.05) is 18.7 Å². The van der Waals surface area contributed by atoms with Gasteiger partial charge in [-0.05, 0) is 67.6 Å². The fourth-order valence-electron chi connectivity index (χ4n) is 4.68. The van der Waals surface area contributed by atoms with Gasteiger partial charge < -0.3 is 29.0 Å². The number of amides is 1. The van der Waals surface area contributed by atoms with Gasteiger partial charge in [-0.3, -0.25) is 9.59 Å². The Morgan fingerprint density at radius 3 is 2.49 bits per heavy atom. The third kappa shape index (κ3) is 5.74. The minimum atomic E-state index is -0.800. The van der Waals surface area contributed by atoms with E-state index >= 15 is 0 Å². The molecular formula is C29H35NO7. The number of hydrogen-bond acceptors (Lipinski definition) is 7. The minimum absolute atomic E-state index is 0.0325. The highest BCUT2D eigenvalue weighted by atomic mass is 16.5. The molecule has 1 N–H and O–H groups in total. The van der Waals surface area contributed by atoms with Crippen LogP contribution in [0.15, 0.2) is 48.0 Å². The number of rotatable bonds is 10. The quantitative estimate of drug-likeness (QED) is 0.281. The predicted octanol–water partition coefficient (Wildman–Crippen LogP) is 4.73. The van der Waals surface area contributed by atoms with Crippen LogP contribution in [-0.4, -0.2) is 61.3 Å². The van der Waals surface area contributed by atoms with Crippen LogP contribution in [0.4, 0.5) is 0 Å². The Morgan fingerprint density at radius 2 is 1.86 bits per heavy atom. The summed E-state index contributed by atoms with van der Waals surface area (Å²) >= 11 is 0. The maximum absolute atomic E-state index is 13.3. The van der Waals surface area contributed by atoms with Crippen molar-refractivity contribution in [3.8, 4) is 17.2 Å². The maximum Gasteiger partial charge on any atom is 0.295 e. The van der Waals surface area contributed by atoms with E-state index in [1.165, 1.54) is 12.0 Å². The van der Waals surface area contributed by atoms with Gasteiger partial charge in [0.25, 0.3) is 11.7 Å². The van der Waals surface area contributed by atoms with E-state index in [1.807, 2.05) is 6.92 Å². The molecule has 8 heteroatoms. The van der Waals surface area contributed by atoms with Crippen molar-refractivity contribution in [2.24, 2.45) is 5.92 Å². The van der Waals surface area contributed by atoms with Crippen LogP contribution in [-0.2, 0) is 14.3 Å². The van der Waals surface area contributed by atoms with Gasteiger partial charge in [0.2, 0.25) is 0 Å². The van der Waals surface area contributed by atoms with Crippen molar-refractivity contribution in [3.63, 3.8) is 0 Å². The molecule has 0 saturated carbocycles. The Bertz CT molecular complexity index is 1150. The molecule has 8 nitrogen and oxygen atoms in total. The van der Waals surface area contributed by atoms with Crippen LogP contribution >= 0.6 is 0 Å². The second kappa shape index (κ2) is 11.7. The molecule has 0 aromatic heterocycles. The summed E-state index contributed by atoms with van der Waals surface area (Å²) in [4.78, 5) is 28.1. The largest absolute Gasteiger partial charge is 0.507 e. The summed E-state index contributed by atoms with van der Waals surface area (Å²) < 4.78 is 22.7. The van der Waals surface area contributed by atoms with Crippen molar-refractivity contribution in [3.05, 3.63) is 59.2 Å². The summed E-state index contributed by atoms with van der Waals surface area (Å²) in [5.74, 6) is 0.452. The van der Waals surface area contributed by atoms with Crippen molar-refractivity contribution >= 4 is 17.4 Å². The highest BCUT2D eigenvalue weighted by molar-refractivity contribution is 6.46. The molecule has 1 amide bonds. The number of carbonyl (C=O) groups excluding carboxylic acids is 2. The normalized spacial score (nSPS) is 21.1. The van der Waals surface area contributed by atoms with Gasteiger partial charge in [-0.25, -0.2) is 0 Å². The predicted molar refractivity (Wildman–Crippen MR) is 139 cm³/mol. The fourth-order valence-corrected chi connectivity index (χ4v) is 4.68. The minimum Gasteiger partial charge on any atom is -0.507 e.